The molecule has 0 unspecified atom stereocenters. The average molecular weight is 349 g/mol. The number of benzene rings is 2. The summed E-state index contributed by atoms with van der Waals surface area (Å²) in [5.41, 5.74) is 0.704. The largest absolute Gasteiger partial charge is 0.479 e. The lowest BCUT2D eigenvalue weighted by atomic mass is 10.1. The minimum Gasteiger partial charge on any atom is -0.479 e. The van der Waals surface area contributed by atoms with Crippen LogP contribution in [0.2, 0.25) is 5.02 Å². The van der Waals surface area contributed by atoms with Crippen molar-refractivity contribution in [2.45, 2.75) is 32.3 Å². The Hall–Kier alpha value is -2.04. The molecular formula is C19H21ClO4. The molecule has 0 fully saturated rings. The normalized spacial score (nSPS) is 11.9. The second-order valence-corrected chi connectivity index (χ2v) is 5.86. The molecule has 0 saturated carbocycles. The van der Waals surface area contributed by atoms with Crippen molar-refractivity contribution >= 4 is 17.6 Å². The summed E-state index contributed by atoms with van der Waals surface area (Å²) in [6.07, 6.45) is 1.05. The topological polar surface area (TPSA) is 55.8 Å². The maximum atomic E-state index is 11.5. The third kappa shape index (κ3) is 5.55. The summed E-state index contributed by atoms with van der Waals surface area (Å²) in [6.45, 7) is 2.45. The molecule has 0 saturated heterocycles. The molecule has 2 aromatic carbocycles. The van der Waals surface area contributed by atoms with Gasteiger partial charge in [0.25, 0.3) is 0 Å². The highest BCUT2D eigenvalue weighted by molar-refractivity contribution is 6.30. The summed E-state index contributed by atoms with van der Waals surface area (Å²) in [6, 6.07) is 14.5. The Kier molecular flexibility index (Phi) is 7.09. The zero-order chi connectivity index (χ0) is 17.4. The molecule has 128 valence electrons. The van der Waals surface area contributed by atoms with Gasteiger partial charge in [0.1, 0.15) is 11.5 Å². The van der Waals surface area contributed by atoms with E-state index in [1.807, 2.05) is 37.3 Å². The Morgan fingerprint density at radius 1 is 1.21 bits per heavy atom. The van der Waals surface area contributed by atoms with E-state index in [-0.39, 0.29) is 6.42 Å². The number of carboxylic acid groups (broad SMARTS) is 1. The number of hydrogen-bond donors (Lipinski definition) is 1. The van der Waals surface area contributed by atoms with E-state index in [0.717, 1.165) is 12.8 Å². The maximum absolute atomic E-state index is 11.5. The fourth-order valence-electron chi connectivity index (χ4n) is 2.21. The van der Waals surface area contributed by atoms with Crippen LogP contribution in [-0.4, -0.2) is 23.8 Å². The Balaban J connectivity index is 2.17. The monoisotopic (exact) mass is 348 g/mol. The summed E-state index contributed by atoms with van der Waals surface area (Å²) in [5.74, 6) is 0.271. The minimum absolute atomic E-state index is 0.196. The predicted molar refractivity (Wildman–Crippen MR) is 94.0 cm³/mol. The molecule has 24 heavy (non-hydrogen) atoms. The van der Waals surface area contributed by atoms with Gasteiger partial charge in [0.05, 0.1) is 0 Å². The summed E-state index contributed by atoms with van der Waals surface area (Å²) < 4.78 is 11.4. The van der Waals surface area contributed by atoms with Crippen LogP contribution in [0.15, 0.2) is 48.5 Å². The third-order valence-corrected chi connectivity index (χ3v) is 3.73. The number of carboxylic acids is 1. The highest BCUT2D eigenvalue weighted by Crippen LogP contribution is 2.29. The van der Waals surface area contributed by atoms with Crippen LogP contribution < -0.4 is 4.74 Å². The molecule has 2 aromatic rings. The van der Waals surface area contributed by atoms with E-state index in [0.29, 0.717) is 28.7 Å². The van der Waals surface area contributed by atoms with Crippen molar-refractivity contribution in [1.29, 1.82) is 0 Å². The van der Waals surface area contributed by atoms with Crippen LogP contribution >= 0.6 is 11.6 Å². The molecule has 0 aliphatic rings. The van der Waals surface area contributed by atoms with Gasteiger partial charge in [0, 0.05) is 18.1 Å². The van der Waals surface area contributed by atoms with Crippen LogP contribution in [0.25, 0.3) is 0 Å². The number of unbranched alkanes of at least 4 members (excludes halogenated alkanes) is 1. The smallest absolute Gasteiger partial charge is 0.333 e. The van der Waals surface area contributed by atoms with Crippen molar-refractivity contribution < 1.29 is 19.4 Å². The van der Waals surface area contributed by atoms with Gasteiger partial charge in [-0.25, -0.2) is 4.79 Å². The van der Waals surface area contributed by atoms with Gasteiger partial charge in [0.2, 0.25) is 0 Å². The van der Waals surface area contributed by atoms with Gasteiger partial charge in [0.15, 0.2) is 6.10 Å². The van der Waals surface area contributed by atoms with Crippen molar-refractivity contribution in [3.8, 4) is 11.5 Å². The SMILES string of the molecule is CCCCO[C@H](Cc1cc(Cl)ccc1Oc1ccccc1)C(=O)O. The molecule has 0 radical (unpaired) electrons. The summed E-state index contributed by atoms with van der Waals surface area (Å²) in [5, 5.41) is 9.92. The van der Waals surface area contributed by atoms with E-state index in [2.05, 4.69) is 0 Å². The van der Waals surface area contributed by atoms with E-state index >= 15 is 0 Å². The molecule has 2 rings (SSSR count). The van der Waals surface area contributed by atoms with Crippen molar-refractivity contribution in [1.82, 2.24) is 0 Å². The first-order chi connectivity index (χ1) is 11.6. The fourth-order valence-corrected chi connectivity index (χ4v) is 2.40. The van der Waals surface area contributed by atoms with Crippen molar-refractivity contribution in [3.05, 3.63) is 59.1 Å². The molecule has 0 aliphatic carbocycles. The molecule has 1 N–H and O–H groups in total. The van der Waals surface area contributed by atoms with Crippen LogP contribution in [0.1, 0.15) is 25.3 Å². The van der Waals surface area contributed by atoms with Gasteiger partial charge in [-0.1, -0.05) is 43.1 Å². The highest BCUT2D eigenvalue weighted by atomic mass is 35.5. The number of carbonyl (C=O) groups is 1. The Labute approximate surface area is 147 Å². The highest BCUT2D eigenvalue weighted by Gasteiger charge is 2.21. The number of aliphatic carboxylic acids is 1. The first-order valence-corrected chi connectivity index (χ1v) is 8.33. The van der Waals surface area contributed by atoms with E-state index in [9.17, 15) is 9.90 Å². The molecular weight excluding hydrogens is 328 g/mol. The van der Waals surface area contributed by atoms with Crippen molar-refractivity contribution in [2.75, 3.05) is 6.61 Å². The fraction of sp³-hybridized carbons (Fsp3) is 0.316. The lowest BCUT2D eigenvalue weighted by Crippen LogP contribution is -2.27. The van der Waals surface area contributed by atoms with E-state index in [1.165, 1.54) is 0 Å². The van der Waals surface area contributed by atoms with Gasteiger partial charge in [-0.3, -0.25) is 0 Å². The van der Waals surface area contributed by atoms with E-state index < -0.39 is 12.1 Å². The number of rotatable bonds is 9. The molecule has 0 aromatic heterocycles. The number of para-hydroxylation sites is 1. The zero-order valence-electron chi connectivity index (χ0n) is 13.6. The summed E-state index contributed by atoms with van der Waals surface area (Å²) in [7, 11) is 0. The first-order valence-electron chi connectivity index (χ1n) is 7.96. The average Bonchev–Trinajstić information content (AvgIpc) is 2.57. The summed E-state index contributed by atoms with van der Waals surface area (Å²) in [4.78, 5) is 11.5. The lowest BCUT2D eigenvalue weighted by Gasteiger charge is -2.17. The van der Waals surface area contributed by atoms with E-state index in [1.54, 1.807) is 18.2 Å². The molecule has 0 heterocycles. The Morgan fingerprint density at radius 3 is 2.62 bits per heavy atom. The van der Waals surface area contributed by atoms with Gasteiger partial charge in [-0.2, -0.15) is 0 Å². The van der Waals surface area contributed by atoms with Crippen LogP contribution in [0.4, 0.5) is 0 Å². The number of halogens is 1. The molecule has 0 aliphatic heterocycles. The molecule has 1 atom stereocenters. The second-order valence-electron chi connectivity index (χ2n) is 5.42. The number of hydrogen-bond acceptors (Lipinski definition) is 3. The van der Waals surface area contributed by atoms with Gasteiger partial charge < -0.3 is 14.6 Å². The molecule has 4 nitrogen and oxygen atoms in total. The van der Waals surface area contributed by atoms with Gasteiger partial charge in [-0.05, 0) is 42.3 Å². The van der Waals surface area contributed by atoms with Crippen molar-refractivity contribution in [2.24, 2.45) is 0 Å². The minimum atomic E-state index is -0.989. The van der Waals surface area contributed by atoms with Crippen LogP contribution in [0.5, 0.6) is 11.5 Å². The van der Waals surface area contributed by atoms with Gasteiger partial charge >= 0.3 is 5.97 Å². The van der Waals surface area contributed by atoms with Gasteiger partial charge in [-0.15, -0.1) is 0 Å². The Morgan fingerprint density at radius 2 is 1.96 bits per heavy atom. The van der Waals surface area contributed by atoms with Crippen LogP contribution in [0, 0.1) is 0 Å². The standard InChI is InChI=1S/C19H21ClO4/c1-2-3-11-23-18(19(21)22)13-14-12-15(20)9-10-17(14)24-16-7-5-4-6-8-16/h4-10,12,18H,2-3,11,13H2,1H3,(H,21,22)/t18-/m1/s1. The maximum Gasteiger partial charge on any atom is 0.333 e. The van der Waals surface area contributed by atoms with E-state index in [4.69, 9.17) is 21.1 Å². The van der Waals surface area contributed by atoms with Crippen molar-refractivity contribution in [3.63, 3.8) is 0 Å². The molecule has 5 heteroatoms. The van der Waals surface area contributed by atoms with Crippen LogP contribution in [0.3, 0.4) is 0 Å². The second kappa shape index (κ2) is 9.30. The number of ether oxygens (including phenoxy) is 2. The summed E-state index contributed by atoms with van der Waals surface area (Å²) >= 11 is 6.07. The first kappa shape index (κ1) is 18.3. The third-order valence-electron chi connectivity index (χ3n) is 3.49. The Bertz CT molecular complexity index is 658. The molecule has 0 spiro atoms. The predicted octanol–water partition coefficient (Wildman–Crippen LogP) is 4.94. The zero-order valence-corrected chi connectivity index (χ0v) is 14.3. The van der Waals surface area contributed by atoms with Crippen LogP contribution in [-0.2, 0) is 16.0 Å². The molecule has 0 bridgehead atoms. The quantitative estimate of drug-likeness (QED) is 0.652. The lowest BCUT2D eigenvalue weighted by molar-refractivity contribution is -0.150. The molecule has 0 amide bonds.